The summed E-state index contributed by atoms with van der Waals surface area (Å²) < 4.78 is 50.3. The number of likely N-dealkylation sites (tertiary alicyclic amines) is 1. The molecule has 0 unspecified atom stereocenters. The highest BCUT2D eigenvalue weighted by molar-refractivity contribution is 7.16. The van der Waals surface area contributed by atoms with Gasteiger partial charge in [-0.05, 0) is 31.0 Å². The van der Waals surface area contributed by atoms with Crippen LogP contribution in [0, 0.1) is 17.1 Å². The molecule has 0 atom stereocenters. The van der Waals surface area contributed by atoms with Crippen molar-refractivity contribution in [3.8, 4) is 11.8 Å². The highest BCUT2D eigenvalue weighted by atomic mass is 35.5. The van der Waals surface area contributed by atoms with Crippen molar-refractivity contribution in [2.45, 2.75) is 30.9 Å². The molecule has 1 aromatic carbocycles. The summed E-state index contributed by atoms with van der Waals surface area (Å²) in [5.41, 5.74) is 0.453. The third-order valence-electron chi connectivity index (χ3n) is 6.08. The van der Waals surface area contributed by atoms with Gasteiger partial charge in [0.15, 0.2) is 0 Å². The SMILES string of the molecule is N#Cc1cccc(F)c1-n1cc(CN2CCC3(CC2)OCC(F)(F)c2cc(Cl)sc23)cn1. The van der Waals surface area contributed by atoms with Gasteiger partial charge in [0, 0.05) is 41.8 Å². The van der Waals surface area contributed by atoms with Crippen molar-refractivity contribution >= 4 is 22.9 Å². The second-order valence-electron chi connectivity index (χ2n) is 8.10. The molecule has 2 aliphatic rings. The van der Waals surface area contributed by atoms with Crippen LogP contribution in [0.25, 0.3) is 5.69 Å². The van der Waals surface area contributed by atoms with Crippen LogP contribution in [-0.4, -0.2) is 34.4 Å². The number of rotatable bonds is 3. The molecule has 0 bridgehead atoms. The topological polar surface area (TPSA) is 54.1 Å². The van der Waals surface area contributed by atoms with E-state index in [0.29, 0.717) is 41.7 Å². The van der Waals surface area contributed by atoms with Gasteiger partial charge in [-0.3, -0.25) is 4.90 Å². The molecule has 3 aromatic rings. The van der Waals surface area contributed by atoms with Gasteiger partial charge in [0.2, 0.25) is 0 Å². The number of hydrogen-bond donors (Lipinski definition) is 0. The fourth-order valence-electron chi connectivity index (χ4n) is 4.45. The fourth-order valence-corrected chi connectivity index (χ4v) is 5.93. The number of thiophene rings is 1. The second-order valence-corrected chi connectivity index (χ2v) is 9.78. The van der Waals surface area contributed by atoms with E-state index in [1.54, 1.807) is 18.5 Å². The van der Waals surface area contributed by atoms with Crippen LogP contribution in [0.1, 0.15) is 34.4 Å². The van der Waals surface area contributed by atoms with Crippen LogP contribution in [0.4, 0.5) is 13.2 Å². The van der Waals surface area contributed by atoms with Crippen LogP contribution in [-0.2, 0) is 22.8 Å². The number of fused-ring (bicyclic) bond motifs is 2. The van der Waals surface area contributed by atoms with E-state index in [-0.39, 0.29) is 16.8 Å². The first kappa shape index (κ1) is 21.5. The van der Waals surface area contributed by atoms with Gasteiger partial charge in [0.25, 0.3) is 5.92 Å². The van der Waals surface area contributed by atoms with Crippen molar-refractivity contribution in [3.05, 3.63) is 68.4 Å². The molecule has 0 aliphatic carbocycles. The summed E-state index contributed by atoms with van der Waals surface area (Å²) in [7, 11) is 0. The Morgan fingerprint density at radius 2 is 2.06 bits per heavy atom. The van der Waals surface area contributed by atoms with Crippen molar-refractivity contribution in [1.29, 1.82) is 5.26 Å². The summed E-state index contributed by atoms with van der Waals surface area (Å²) in [5.74, 6) is -3.54. The zero-order valence-electron chi connectivity index (χ0n) is 16.8. The van der Waals surface area contributed by atoms with Crippen molar-refractivity contribution in [1.82, 2.24) is 14.7 Å². The lowest BCUT2D eigenvalue weighted by Gasteiger charge is -2.45. The standard InChI is InChI=1S/C22H18ClF3N4OS/c23-18-8-16-20(32-18)21(31-13-22(16,25)26)4-6-29(7-5-21)11-14-10-28-30(12-14)19-15(9-27)2-1-3-17(19)24/h1-3,8,10,12H,4-7,11,13H2. The van der Waals surface area contributed by atoms with Crippen LogP contribution in [0.3, 0.4) is 0 Å². The molecule has 0 saturated carbocycles. The molecule has 2 aliphatic heterocycles. The van der Waals surface area contributed by atoms with Gasteiger partial charge in [-0.15, -0.1) is 11.3 Å². The van der Waals surface area contributed by atoms with E-state index in [1.807, 2.05) is 6.07 Å². The zero-order valence-corrected chi connectivity index (χ0v) is 18.4. The van der Waals surface area contributed by atoms with Crippen LogP contribution < -0.4 is 0 Å². The molecule has 5 nitrogen and oxygen atoms in total. The molecule has 166 valence electrons. The Bertz CT molecular complexity index is 1210. The number of ether oxygens (including phenoxy) is 1. The quantitative estimate of drug-likeness (QED) is 0.518. The first-order chi connectivity index (χ1) is 15.3. The Morgan fingerprint density at radius 1 is 1.28 bits per heavy atom. The summed E-state index contributed by atoms with van der Waals surface area (Å²) in [6, 6.07) is 7.68. The number of aromatic nitrogens is 2. The molecule has 2 aromatic heterocycles. The monoisotopic (exact) mass is 478 g/mol. The van der Waals surface area contributed by atoms with Gasteiger partial charge in [-0.1, -0.05) is 17.7 Å². The molecule has 0 radical (unpaired) electrons. The molecule has 4 heterocycles. The molecule has 1 fully saturated rings. The van der Waals surface area contributed by atoms with E-state index in [9.17, 15) is 18.4 Å². The molecule has 1 spiro atoms. The lowest BCUT2D eigenvalue weighted by atomic mass is 9.84. The summed E-state index contributed by atoms with van der Waals surface area (Å²) in [6.07, 6.45) is 4.51. The summed E-state index contributed by atoms with van der Waals surface area (Å²) in [5, 5.41) is 13.5. The third kappa shape index (κ3) is 3.61. The van der Waals surface area contributed by atoms with Crippen LogP contribution in [0.15, 0.2) is 36.7 Å². The van der Waals surface area contributed by atoms with Gasteiger partial charge < -0.3 is 4.74 Å². The van der Waals surface area contributed by atoms with E-state index < -0.39 is 23.9 Å². The summed E-state index contributed by atoms with van der Waals surface area (Å²) in [6.45, 7) is 1.23. The third-order valence-corrected chi connectivity index (χ3v) is 7.53. The molecule has 10 heteroatoms. The van der Waals surface area contributed by atoms with Gasteiger partial charge >= 0.3 is 0 Å². The van der Waals surface area contributed by atoms with Crippen molar-refractivity contribution < 1.29 is 17.9 Å². The van der Waals surface area contributed by atoms with E-state index in [2.05, 4.69) is 10.00 Å². The normalized spacial score (nSPS) is 19.6. The molecule has 0 amide bonds. The van der Waals surface area contributed by atoms with Gasteiger partial charge in [-0.2, -0.15) is 19.1 Å². The average molecular weight is 479 g/mol. The van der Waals surface area contributed by atoms with Gasteiger partial charge in [0.05, 0.1) is 16.1 Å². The Kier molecular flexibility index (Phi) is 5.29. The number of benzene rings is 1. The Morgan fingerprint density at radius 3 is 2.81 bits per heavy atom. The predicted molar refractivity (Wildman–Crippen MR) is 114 cm³/mol. The summed E-state index contributed by atoms with van der Waals surface area (Å²) >= 11 is 7.24. The van der Waals surface area contributed by atoms with Crippen LogP contribution >= 0.6 is 22.9 Å². The molecule has 32 heavy (non-hydrogen) atoms. The number of piperidine rings is 1. The highest BCUT2D eigenvalue weighted by Gasteiger charge is 2.51. The van der Waals surface area contributed by atoms with Gasteiger partial charge in [-0.25, -0.2) is 9.07 Å². The molecule has 5 rings (SSSR count). The largest absolute Gasteiger partial charge is 0.363 e. The predicted octanol–water partition coefficient (Wildman–Crippen LogP) is 5.21. The van der Waals surface area contributed by atoms with E-state index in [0.717, 1.165) is 5.56 Å². The van der Waals surface area contributed by atoms with Crippen LogP contribution in [0.5, 0.6) is 0 Å². The minimum atomic E-state index is -3.02. The Balaban J connectivity index is 1.31. The Labute approximate surface area is 191 Å². The number of halogens is 4. The Hall–Kier alpha value is -2.38. The maximum Gasteiger partial charge on any atom is 0.297 e. The van der Waals surface area contributed by atoms with Crippen molar-refractivity contribution in [2.75, 3.05) is 19.7 Å². The summed E-state index contributed by atoms with van der Waals surface area (Å²) in [4.78, 5) is 2.72. The average Bonchev–Trinajstić information content (AvgIpc) is 3.40. The minimum absolute atomic E-state index is 0.00772. The maximum atomic E-state index is 14.3. The number of alkyl halides is 2. The lowest BCUT2D eigenvalue weighted by Crippen LogP contribution is -2.48. The fraction of sp³-hybridized carbons (Fsp3) is 0.364. The number of nitriles is 1. The number of hydrogen-bond acceptors (Lipinski definition) is 5. The number of nitrogens with zero attached hydrogens (tertiary/aromatic N) is 4. The second kappa shape index (κ2) is 7.89. The van der Waals surface area contributed by atoms with E-state index in [1.165, 1.54) is 34.2 Å². The number of para-hydroxylation sites is 1. The smallest absolute Gasteiger partial charge is 0.297 e. The highest BCUT2D eigenvalue weighted by Crippen LogP contribution is 2.52. The molecule has 1 saturated heterocycles. The molecular formula is C22H18ClF3N4OS. The van der Waals surface area contributed by atoms with E-state index in [4.69, 9.17) is 16.3 Å². The van der Waals surface area contributed by atoms with Gasteiger partial charge in [0.1, 0.15) is 29.8 Å². The van der Waals surface area contributed by atoms with Crippen molar-refractivity contribution in [3.63, 3.8) is 0 Å². The van der Waals surface area contributed by atoms with E-state index >= 15 is 0 Å². The molecular weight excluding hydrogens is 461 g/mol. The maximum absolute atomic E-state index is 14.3. The van der Waals surface area contributed by atoms with Crippen molar-refractivity contribution in [2.24, 2.45) is 0 Å². The first-order valence-corrected chi connectivity index (χ1v) is 11.3. The first-order valence-electron chi connectivity index (χ1n) is 10.1. The minimum Gasteiger partial charge on any atom is -0.363 e. The lowest BCUT2D eigenvalue weighted by molar-refractivity contribution is -0.182. The molecule has 0 N–H and O–H groups in total. The zero-order chi connectivity index (χ0) is 22.5. The van der Waals surface area contributed by atoms with Crippen LogP contribution in [0.2, 0.25) is 4.34 Å².